The largest absolute Gasteiger partial charge is 0.504 e. The van der Waals surface area contributed by atoms with E-state index in [-0.39, 0.29) is 11.8 Å². The van der Waals surface area contributed by atoms with Crippen molar-refractivity contribution < 1.29 is 9.84 Å². The molecule has 0 aliphatic heterocycles. The molecule has 0 aromatic heterocycles. The summed E-state index contributed by atoms with van der Waals surface area (Å²) in [6.45, 7) is 2.96. The number of benzene rings is 1. The number of hydrogen-bond acceptors (Lipinski definition) is 4. The molecule has 1 aliphatic carbocycles. The molecule has 4 nitrogen and oxygen atoms in total. The van der Waals surface area contributed by atoms with Crippen LogP contribution in [0.4, 0.5) is 0 Å². The summed E-state index contributed by atoms with van der Waals surface area (Å²) < 4.78 is 5.19. The Kier molecular flexibility index (Phi) is 4.89. The zero-order valence-corrected chi connectivity index (χ0v) is 12.7. The Hall–Kier alpha value is -1.26. The number of hydrogen-bond donors (Lipinski definition) is 2. The number of nitrogens with zero attached hydrogens (tertiary/aromatic N) is 1. The first-order valence-electron chi connectivity index (χ1n) is 7.37. The monoisotopic (exact) mass is 278 g/mol. The third-order valence-corrected chi connectivity index (χ3v) is 4.74. The third-order valence-electron chi connectivity index (χ3n) is 4.74. The lowest BCUT2D eigenvalue weighted by Crippen LogP contribution is -2.39. The van der Waals surface area contributed by atoms with Gasteiger partial charge >= 0.3 is 0 Å². The van der Waals surface area contributed by atoms with Crippen molar-refractivity contribution in [3.8, 4) is 11.5 Å². The van der Waals surface area contributed by atoms with Crippen molar-refractivity contribution in [2.45, 2.75) is 38.3 Å². The van der Waals surface area contributed by atoms with Gasteiger partial charge in [-0.3, -0.25) is 4.90 Å². The van der Waals surface area contributed by atoms with Crippen LogP contribution in [0.5, 0.6) is 11.5 Å². The number of aromatic hydroxyl groups is 1. The van der Waals surface area contributed by atoms with Gasteiger partial charge < -0.3 is 15.6 Å². The maximum Gasteiger partial charge on any atom is 0.160 e. The zero-order valence-electron chi connectivity index (χ0n) is 12.7. The van der Waals surface area contributed by atoms with E-state index in [9.17, 15) is 5.11 Å². The van der Waals surface area contributed by atoms with Crippen LogP contribution in [0.1, 0.15) is 37.8 Å². The maximum absolute atomic E-state index is 9.69. The van der Waals surface area contributed by atoms with Crippen molar-refractivity contribution in [2.24, 2.45) is 11.7 Å². The van der Waals surface area contributed by atoms with Crippen molar-refractivity contribution in [1.82, 2.24) is 4.90 Å². The van der Waals surface area contributed by atoms with Crippen molar-refractivity contribution in [2.75, 3.05) is 20.7 Å². The number of phenols is 1. The molecule has 112 valence electrons. The topological polar surface area (TPSA) is 58.7 Å². The average molecular weight is 278 g/mol. The van der Waals surface area contributed by atoms with E-state index in [0.717, 1.165) is 12.1 Å². The summed E-state index contributed by atoms with van der Waals surface area (Å²) in [6, 6.07) is 6.42. The molecular formula is C16H26N2O2. The van der Waals surface area contributed by atoms with E-state index >= 15 is 0 Å². The van der Waals surface area contributed by atoms with E-state index < -0.39 is 0 Å². The Morgan fingerprint density at radius 2 is 2.20 bits per heavy atom. The predicted molar refractivity (Wildman–Crippen MR) is 81.0 cm³/mol. The van der Waals surface area contributed by atoms with Crippen molar-refractivity contribution >= 4 is 0 Å². The van der Waals surface area contributed by atoms with E-state index in [1.54, 1.807) is 13.2 Å². The van der Waals surface area contributed by atoms with Gasteiger partial charge in [-0.15, -0.1) is 0 Å². The number of nitrogens with two attached hydrogens (primary N) is 1. The number of phenolic OH excluding ortho intramolecular Hbond substituents is 1. The van der Waals surface area contributed by atoms with Crippen LogP contribution in [0, 0.1) is 5.92 Å². The summed E-state index contributed by atoms with van der Waals surface area (Å²) in [5.41, 5.74) is 7.04. The van der Waals surface area contributed by atoms with Gasteiger partial charge in [-0.1, -0.05) is 12.5 Å². The smallest absolute Gasteiger partial charge is 0.160 e. The lowest BCUT2D eigenvalue weighted by atomic mass is 9.98. The van der Waals surface area contributed by atoms with Gasteiger partial charge in [0, 0.05) is 12.1 Å². The van der Waals surface area contributed by atoms with Crippen LogP contribution in [0.15, 0.2) is 18.2 Å². The minimum atomic E-state index is 0.187. The fourth-order valence-corrected chi connectivity index (χ4v) is 3.30. The Bertz CT molecular complexity index is 450. The van der Waals surface area contributed by atoms with Crippen LogP contribution in [0.25, 0.3) is 0 Å². The highest BCUT2D eigenvalue weighted by atomic mass is 16.5. The van der Waals surface area contributed by atoms with Gasteiger partial charge in [0.05, 0.1) is 7.11 Å². The Labute approximate surface area is 121 Å². The normalized spacial score (nSPS) is 24.1. The van der Waals surface area contributed by atoms with Crippen molar-refractivity contribution in [3.05, 3.63) is 23.8 Å². The molecule has 4 heteroatoms. The number of rotatable bonds is 5. The lowest BCUT2D eigenvalue weighted by Gasteiger charge is -2.34. The van der Waals surface area contributed by atoms with Crippen LogP contribution in [-0.2, 0) is 0 Å². The molecule has 0 amide bonds. The summed E-state index contributed by atoms with van der Waals surface area (Å²) in [6.07, 6.45) is 3.72. The third kappa shape index (κ3) is 2.91. The maximum atomic E-state index is 9.69. The van der Waals surface area contributed by atoms with E-state index in [0.29, 0.717) is 17.7 Å². The van der Waals surface area contributed by atoms with E-state index in [2.05, 4.69) is 18.9 Å². The quantitative estimate of drug-likeness (QED) is 0.869. The molecule has 0 spiro atoms. The minimum absolute atomic E-state index is 0.187. The second kappa shape index (κ2) is 6.46. The SMILES string of the molecule is COc1cc(C(C)N(C)C2CCCC2CN)ccc1O. The van der Waals surface area contributed by atoms with E-state index in [1.165, 1.54) is 19.3 Å². The Morgan fingerprint density at radius 1 is 1.45 bits per heavy atom. The van der Waals surface area contributed by atoms with Gasteiger partial charge in [0.15, 0.2) is 11.5 Å². The molecule has 3 atom stereocenters. The van der Waals surface area contributed by atoms with Crippen molar-refractivity contribution in [1.29, 1.82) is 0 Å². The molecular weight excluding hydrogens is 252 g/mol. The Balaban J connectivity index is 2.15. The molecule has 3 unspecified atom stereocenters. The van der Waals surface area contributed by atoms with Gasteiger partial charge in [0.2, 0.25) is 0 Å². The van der Waals surface area contributed by atoms with Gasteiger partial charge in [0.25, 0.3) is 0 Å². The molecule has 1 aliphatic rings. The summed E-state index contributed by atoms with van der Waals surface area (Å²) >= 11 is 0. The number of methoxy groups -OCH3 is 1. The molecule has 2 rings (SSSR count). The first-order chi connectivity index (χ1) is 9.58. The molecule has 1 aromatic carbocycles. The fourth-order valence-electron chi connectivity index (χ4n) is 3.30. The molecule has 0 radical (unpaired) electrons. The molecule has 0 saturated heterocycles. The number of ether oxygens (including phenoxy) is 1. The summed E-state index contributed by atoms with van der Waals surface area (Å²) in [5.74, 6) is 1.32. The first kappa shape index (κ1) is 15.1. The predicted octanol–water partition coefficient (Wildman–Crippen LogP) is 2.52. The van der Waals surface area contributed by atoms with Crippen LogP contribution >= 0.6 is 0 Å². The average Bonchev–Trinajstić information content (AvgIpc) is 2.94. The van der Waals surface area contributed by atoms with Gasteiger partial charge in [0.1, 0.15) is 0 Å². The fraction of sp³-hybridized carbons (Fsp3) is 0.625. The molecule has 1 aromatic rings. The Morgan fingerprint density at radius 3 is 2.85 bits per heavy atom. The van der Waals surface area contributed by atoms with Crippen LogP contribution in [-0.4, -0.2) is 36.8 Å². The second-order valence-corrected chi connectivity index (χ2v) is 5.77. The van der Waals surface area contributed by atoms with Crippen LogP contribution in [0.3, 0.4) is 0 Å². The van der Waals surface area contributed by atoms with Gasteiger partial charge in [-0.05, 0) is 57.0 Å². The minimum Gasteiger partial charge on any atom is -0.504 e. The molecule has 3 N–H and O–H groups in total. The van der Waals surface area contributed by atoms with Gasteiger partial charge in [-0.2, -0.15) is 0 Å². The van der Waals surface area contributed by atoms with E-state index in [1.807, 2.05) is 12.1 Å². The highest BCUT2D eigenvalue weighted by molar-refractivity contribution is 5.42. The molecule has 20 heavy (non-hydrogen) atoms. The zero-order chi connectivity index (χ0) is 14.7. The van der Waals surface area contributed by atoms with Gasteiger partial charge in [-0.25, -0.2) is 0 Å². The molecule has 1 saturated carbocycles. The van der Waals surface area contributed by atoms with Crippen molar-refractivity contribution in [3.63, 3.8) is 0 Å². The van der Waals surface area contributed by atoms with Crippen LogP contribution in [0.2, 0.25) is 0 Å². The van der Waals surface area contributed by atoms with Crippen LogP contribution < -0.4 is 10.5 Å². The first-order valence-corrected chi connectivity index (χ1v) is 7.37. The highest BCUT2D eigenvalue weighted by Gasteiger charge is 2.31. The lowest BCUT2D eigenvalue weighted by molar-refractivity contribution is 0.152. The summed E-state index contributed by atoms with van der Waals surface area (Å²) in [5, 5.41) is 9.69. The molecule has 0 bridgehead atoms. The molecule has 1 fully saturated rings. The second-order valence-electron chi connectivity index (χ2n) is 5.77. The summed E-state index contributed by atoms with van der Waals surface area (Å²) in [4.78, 5) is 2.41. The highest BCUT2D eigenvalue weighted by Crippen LogP contribution is 2.35. The standard InChI is InChI=1S/C16H26N2O2/c1-11(12-7-8-15(19)16(9-12)20-3)18(2)14-6-4-5-13(14)10-17/h7-9,11,13-14,19H,4-6,10,17H2,1-3H3. The van der Waals surface area contributed by atoms with E-state index in [4.69, 9.17) is 10.5 Å². The summed E-state index contributed by atoms with van der Waals surface area (Å²) in [7, 11) is 3.75. The molecule has 0 heterocycles.